The summed E-state index contributed by atoms with van der Waals surface area (Å²) in [6.07, 6.45) is 8.91. The number of hydrogen-bond donors (Lipinski definition) is 2. The van der Waals surface area contributed by atoms with Crippen LogP contribution in [0.25, 0.3) is 0 Å². The molecule has 1 saturated carbocycles. The Bertz CT molecular complexity index is 1470. The smallest absolute Gasteiger partial charge is 0.329 e. The third kappa shape index (κ3) is 5.27. The van der Waals surface area contributed by atoms with E-state index in [1.807, 2.05) is 24.4 Å². The Morgan fingerprint density at radius 1 is 1.19 bits per heavy atom. The number of fused-ring (bicyclic) bond motifs is 3. The van der Waals surface area contributed by atoms with Crippen LogP contribution in [-0.4, -0.2) is 28.2 Å². The van der Waals surface area contributed by atoms with Crippen LogP contribution in [0.5, 0.6) is 5.75 Å². The molecule has 3 atom stereocenters. The highest BCUT2D eigenvalue weighted by Gasteiger charge is 2.55. The predicted octanol–water partition coefficient (Wildman–Crippen LogP) is 8.34. The maximum absolute atomic E-state index is 15.6. The minimum Gasteiger partial charge on any atom is -0.493 e. The van der Waals surface area contributed by atoms with Gasteiger partial charge in [0, 0.05) is 33.6 Å². The van der Waals surface area contributed by atoms with E-state index < -0.39 is 16.9 Å². The summed E-state index contributed by atoms with van der Waals surface area (Å²) in [6.45, 7) is 5.06. The summed E-state index contributed by atoms with van der Waals surface area (Å²) >= 11 is 6.19. The molecule has 0 bridgehead atoms. The Balaban J connectivity index is 1.21. The van der Waals surface area contributed by atoms with Crippen molar-refractivity contribution >= 4 is 23.3 Å². The summed E-state index contributed by atoms with van der Waals surface area (Å²) in [5.74, 6) is 0.819. The molecule has 3 aliphatic carbocycles. The van der Waals surface area contributed by atoms with Crippen LogP contribution in [0.3, 0.4) is 0 Å². The molecule has 1 heterocycles. The van der Waals surface area contributed by atoms with Gasteiger partial charge in [-0.25, -0.2) is 9.18 Å². The monoisotopic (exact) mass is 590 g/mol. The number of carboxylic acid groups (broad SMARTS) is 1. The van der Waals surface area contributed by atoms with E-state index in [4.69, 9.17) is 16.3 Å². The van der Waals surface area contributed by atoms with Gasteiger partial charge < -0.3 is 15.2 Å². The van der Waals surface area contributed by atoms with Crippen LogP contribution in [0.2, 0.25) is 5.02 Å². The van der Waals surface area contributed by atoms with E-state index in [1.165, 1.54) is 12.0 Å². The first-order valence-electron chi connectivity index (χ1n) is 15.4. The third-order valence-electron chi connectivity index (χ3n) is 10.2. The van der Waals surface area contributed by atoms with Crippen molar-refractivity contribution in [3.8, 4) is 5.75 Å². The quantitative estimate of drug-likeness (QED) is 0.276. The highest BCUT2D eigenvalue weighted by atomic mass is 35.5. The van der Waals surface area contributed by atoms with Gasteiger partial charge in [-0.1, -0.05) is 43.6 Å². The average molecular weight is 591 g/mol. The van der Waals surface area contributed by atoms with E-state index in [0.29, 0.717) is 48.9 Å². The van der Waals surface area contributed by atoms with Crippen molar-refractivity contribution in [2.75, 3.05) is 11.9 Å². The van der Waals surface area contributed by atoms with Crippen molar-refractivity contribution in [1.29, 1.82) is 0 Å². The van der Waals surface area contributed by atoms with Crippen molar-refractivity contribution in [2.24, 2.45) is 11.8 Å². The molecule has 1 spiro atoms. The SMILES string of the molecule is C[C@@H](COc1ccnc2c1[C@H](C)CCC2)C[C@H]1Cc2cccc(F)c2C12CCC(Nc1cccc(Cl)c1)(C(=O)O)CC2. The number of hydrogen-bond acceptors (Lipinski definition) is 4. The number of aryl methyl sites for hydroxylation is 1. The van der Waals surface area contributed by atoms with Crippen LogP contribution in [0.15, 0.2) is 54.7 Å². The van der Waals surface area contributed by atoms with Gasteiger partial charge in [0.15, 0.2) is 0 Å². The van der Waals surface area contributed by atoms with Gasteiger partial charge in [0.1, 0.15) is 17.1 Å². The van der Waals surface area contributed by atoms with Crippen molar-refractivity contribution in [3.05, 3.63) is 88.0 Å². The second kappa shape index (κ2) is 11.5. The lowest BCUT2D eigenvalue weighted by atomic mass is 9.59. The molecule has 5 nitrogen and oxygen atoms in total. The van der Waals surface area contributed by atoms with Crippen LogP contribution < -0.4 is 10.1 Å². The molecule has 222 valence electrons. The molecular weight excluding hydrogens is 551 g/mol. The maximum Gasteiger partial charge on any atom is 0.329 e. The number of halogens is 2. The first-order valence-corrected chi connectivity index (χ1v) is 15.7. The topological polar surface area (TPSA) is 71.5 Å². The molecule has 2 aromatic carbocycles. The zero-order chi connectivity index (χ0) is 29.5. The Hall–Kier alpha value is -3.12. The number of carboxylic acids is 1. The second-order valence-electron chi connectivity index (χ2n) is 13.0. The highest BCUT2D eigenvalue weighted by molar-refractivity contribution is 6.30. The zero-order valence-corrected chi connectivity index (χ0v) is 25.2. The van der Waals surface area contributed by atoms with Gasteiger partial charge >= 0.3 is 5.97 Å². The van der Waals surface area contributed by atoms with E-state index in [-0.39, 0.29) is 17.7 Å². The summed E-state index contributed by atoms with van der Waals surface area (Å²) in [5.41, 5.74) is 3.46. The zero-order valence-electron chi connectivity index (χ0n) is 24.5. The van der Waals surface area contributed by atoms with E-state index in [1.54, 1.807) is 24.3 Å². The molecule has 2 N–H and O–H groups in total. The van der Waals surface area contributed by atoms with Crippen molar-refractivity contribution in [1.82, 2.24) is 4.98 Å². The summed E-state index contributed by atoms with van der Waals surface area (Å²) in [4.78, 5) is 17.3. The predicted molar refractivity (Wildman–Crippen MR) is 164 cm³/mol. The van der Waals surface area contributed by atoms with Crippen molar-refractivity contribution in [3.63, 3.8) is 0 Å². The van der Waals surface area contributed by atoms with Gasteiger partial charge in [-0.3, -0.25) is 4.98 Å². The summed E-state index contributed by atoms with van der Waals surface area (Å²) in [6, 6.07) is 14.6. The number of nitrogens with one attached hydrogen (secondary N) is 1. The average Bonchev–Trinajstić information content (AvgIpc) is 3.26. The summed E-state index contributed by atoms with van der Waals surface area (Å²) < 4.78 is 22.0. The lowest BCUT2D eigenvalue weighted by Gasteiger charge is -2.47. The number of anilines is 1. The summed E-state index contributed by atoms with van der Waals surface area (Å²) in [7, 11) is 0. The molecule has 7 heteroatoms. The van der Waals surface area contributed by atoms with Crippen LogP contribution in [-0.2, 0) is 23.1 Å². The molecule has 6 rings (SSSR count). The van der Waals surface area contributed by atoms with Gasteiger partial charge in [-0.2, -0.15) is 0 Å². The number of benzene rings is 2. The molecule has 42 heavy (non-hydrogen) atoms. The fourth-order valence-corrected chi connectivity index (χ4v) is 8.33. The fraction of sp³-hybridized carbons (Fsp3) is 0.486. The highest BCUT2D eigenvalue weighted by Crippen LogP contribution is 2.56. The third-order valence-corrected chi connectivity index (χ3v) is 10.5. The second-order valence-corrected chi connectivity index (χ2v) is 13.4. The van der Waals surface area contributed by atoms with Crippen LogP contribution in [0.1, 0.15) is 87.1 Å². The number of pyridine rings is 1. The van der Waals surface area contributed by atoms with Crippen LogP contribution in [0.4, 0.5) is 10.1 Å². The van der Waals surface area contributed by atoms with E-state index in [0.717, 1.165) is 48.3 Å². The van der Waals surface area contributed by atoms with Crippen molar-refractivity contribution < 1.29 is 19.0 Å². The number of rotatable bonds is 8. The molecule has 0 amide bonds. The molecule has 0 radical (unpaired) electrons. The van der Waals surface area contributed by atoms with Crippen molar-refractivity contribution in [2.45, 2.75) is 88.5 Å². The number of aliphatic carboxylic acids is 1. The Morgan fingerprint density at radius 2 is 1.98 bits per heavy atom. The lowest BCUT2D eigenvalue weighted by molar-refractivity contribution is -0.144. The van der Waals surface area contributed by atoms with Gasteiger partial charge in [0.05, 0.1) is 6.61 Å². The Morgan fingerprint density at radius 3 is 2.74 bits per heavy atom. The molecule has 0 aliphatic heterocycles. The van der Waals surface area contributed by atoms with Gasteiger partial charge in [-0.15, -0.1) is 0 Å². The number of nitrogens with zero attached hydrogens (tertiary/aromatic N) is 1. The minimum atomic E-state index is -1.12. The van der Waals surface area contributed by atoms with E-state index in [9.17, 15) is 9.90 Å². The Kier molecular flexibility index (Phi) is 7.95. The number of carbonyl (C=O) groups is 1. The lowest BCUT2D eigenvalue weighted by Crippen LogP contribution is -2.53. The fourth-order valence-electron chi connectivity index (χ4n) is 8.14. The van der Waals surface area contributed by atoms with E-state index in [2.05, 4.69) is 30.2 Å². The molecular formula is C35H40ClFN2O3. The largest absolute Gasteiger partial charge is 0.493 e. The molecule has 0 unspecified atom stereocenters. The van der Waals surface area contributed by atoms with Crippen LogP contribution in [0, 0.1) is 17.7 Å². The number of ether oxygens (including phenoxy) is 1. The Labute approximate surface area is 252 Å². The molecule has 1 aromatic heterocycles. The molecule has 0 saturated heterocycles. The number of aromatic nitrogens is 1. The minimum absolute atomic E-state index is 0.165. The summed E-state index contributed by atoms with van der Waals surface area (Å²) in [5, 5.41) is 14.3. The van der Waals surface area contributed by atoms with E-state index >= 15 is 4.39 Å². The first kappa shape index (κ1) is 29.0. The molecule has 3 aliphatic rings. The van der Waals surface area contributed by atoms with Gasteiger partial charge in [0.2, 0.25) is 0 Å². The maximum atomic E-state index is 15.6. The van der Waals surface area contributed by atoms with Gasteiger partial charge in [0.25, 0.3) is 0 Å². The first-order chi connectivity index (χ1) is 20.2. The molecule has 1 fully saturated rings. The standard InChI is InChI=1S/C35H40ClFN2O3/c1-22(21-42-30-12-17-38-29-11-3-6-23(2)31(29)30)18-25-19-24-7-4-10-28(37)32(24)34(25)13-15-35(16-14-34,33(40)41)39-27-9-5-8-26(36)20-27/h4-5,7-10,12,17,20,22-23,25,39H,3,6,11,13-16,18-19,21H2,1-2H3,(H,40,41)/t22-,23-,25+,34?,35?/m1/s1. The normalized spacial score (nSPS) is 27.2. The van der Waals surface area contributed by atoms with Gasteiger partial charge in [-0.05, 0) is 117 Å². The van der Waals surface area contributed by atoms with Crippen LogP contribution >= 0.6 is 11.6 Å². The molecule has 3 aromatic rings.